The van der Waals surface area contributed by atoms with Crippen molar-refractivity contribution in [3.63, 3.8) is 0 Å². The quantitative estimate of drug-likeness (QED) is 0.249. The maximum Gasteiger partial charge on any atom is 0.295 e. The summed E-state index contributed by atoms with van der Waals surface area (Å²) < 4.78 is 0. The summed E-state index contributed by atoms with van der Waals surface area (Å²) in [5, 5.41) is 11.1. The lowest BCUT2D eigenvalue weighted by Gasteiger charge is -2.27. The number of hydrogen-bond acceptors (Lipinski definition) is 4. The van der Waals surface area contributed by atoms with Crippen molar-refractivity contribution in [2.45, 2.75) is 58.9 Å². The number of carbonyl (C=O) groups is 2. The van der Waals surface area contributed by atoms with Crippen molar-refractivity contribution in [3.8, 4) is 0 Å². The monoisotopic (exact) mass is 462 g/mol. The number of aliphatic hydroxyl groups is 1. The van der Waals surface area contributed by atoms with Gasteiger partial charge in [-0.3, -0.25) is 9.59 Å². The molecule has 1 fully saturated rings. The van der Waals surface area contributed by atoms with E-state index in [1.165, 1.54) is 0 Å². The molecule has 1 aliphatic heterocycles. The Morgan fingerprint density at radius 1 is 0.882 bits per heavy atom. The second-order valence-electron chi connectivity index (χ2n) is 9.17. The molecule has 5 nitrogen and oxygen atoms in total. The van der Waals surface area contributed by atoms with Crippen molar-refractivity contribution >= 4 is 17.4 Å². The van der Waals surface area contributed by atoms with Crippen molar-refractivity contribution in [1.29, 1.82) is 0 Å². The molecule has 0 bridgehead atoms. The van der Waals surface area contributed by atoms with Gasteiger partial charge in [-0.15, -0.1) is 0 Å². The summed E-state index contributed by atoms with van der Waals surface area (Å²) in [6.45, 7) is 9.89. The number of hydrogen-bond donors (Lipinski definition) is 1. The molecule has 1 amide bonds. The zero-order chi connectivity index (χ0) is 24.5. The Morgan fingerprint density at radius 3 is 2.06 bits per heavy atom. The van der Waals surface area contributed by atoms with E-state index in [1.54, 1.807) is 17.0 Å². The Kier molecular flexibility index (Phi) is 9.46. The second kappa shape index (κ2) is 12.5. The van der Waals surface area contributed by atoms with E-state index in [-0.39, 0.29) is 11.3 Å². The van der Waals surface area contributed by atoms with Gasteiger partial charge in [-0.2, -0.15) is 0 Å². The summed E-state index contributed by atoms with van der Waals surface area (Å²) in [6.07, 6.45) is 5.42. The van der Waals surface area contributed by atoms with Crippen molar-refractivity contribution in [2.75, 3.05) is 26.2 Å². The van der Waals surface area contributed by atoms with Crippen molar-refractivity contribution in [3.05, 3.63) is 76.9 Å². The zero-order valence-electron chi connectivity index (χ0n) is 20.8. The van der Waals surface area contributed by atoms with E-state index in [0.717, 1.165) is 62.9 Å². The van der Waals surface area contributed by atoms with Crippen molar-refractivity contribution in [2.24, 2.45) is 0 Å². The van der Waals surface area contributed by atoms with Gasteiger partial charge in [-0.25, -0.2) is 0 Å². The van der Waals surface area contributed by atoms with Gasteiger partial charge < -0.3 is 14.9 Å². The van der Waals surface area contributed by atoms with Crippen LogP contribution in [0.1, 0.15) is 68.7 Å². The average molecular weight is 463 g/mol. The molecule has 2 aromatic rings. The van der Waals surface area contributed by atoms with Crippen LogP contribution in [0.25, 0.3) is 5.76 Å². The molecule has 1 N–H and O–H groups in total. The zero-order valence-corrected chi connectivity index (χ0v) is 20.8. The third-order valence-electron chi connectivity index (χ3n) is 6.51. The van der Waals surface area contributed by atoms with Crippen molar-refractivity contribution in [1.82, 2.24) is 9.80 Å². The van der Waals surface area contributed by atoms with Crippen LogP contribution >= 0.6 is 0 Å². The van der Waals surface area contributed by atoms with E-state index in [9.17, 15) is 14.7 Å². The van der Waals surface area contributed by atoms with Crippen LogP contribution in [-0.2, 0) is 9.59 Å². The second-order valence-corrected chi connectivity index (χ2v) is 9.17. The number of carbonyl (C=O) groups excluding carboxylic acids is 2. The minimum atomic E-state index is -0.610. The fraction of sp³-hybridized carbons (Fsp3) is 0.448. The Bertz CT molecular complexity index is 974. The van der Waals surface area contributed by atoms with Crippen LogP contribution in [0.4, 0.5) is 0 Å². The third-order valence-corrected chi connectivity index (χ3v) is 6.51. The maximum absolute atomic E-state index is 13.1. The average Bonchev–Trinajstić information content (AvgIpc) is 3.11. The van der Waals surface area contributed by atoms with Crippen LogP contribution in [0.5, 0.6) is 0 Å². The van der Waals surface area contributed by atoms with Crippen LogP contribution in [0, 0.1) is 6.92 Å². The summed E-state index contributed by atoms with van der Waals surface area (Å²) in [6, 6.07) is 16.3. The van der Waals surface area contributed by atoms with E-state index in [1.807, 2.05) is 49.4 Å². The number of likely N-dealkylation sites (tertiary alicyclic amines) is 1. The highest BCUT2D eigenvalue weighted by atomic mass is 16.3. The van der Waals surface area contributed by atoms with Crippen LogP contribution in [0.15, 0.2) is 60.2 Å². The molecule has 2 aromatic carbocycles. The molecule has 1 heterocycles. The molecule has 182 valence electrons. The molecule has 0 aromatic heterocycles. The Labute approximate surface area is 204 Å². The number of Topliss-reactive ketones (excluding diaryl/α,β-unsaturated/α-hetero) is 1. The first-order valence-electron chi connectivity index (χ1n) is 12.6. The molecular formula is C29H38N2O3. The molecule has 0 spiro atoms. The van der Waals surface area contributed by atoms with Gasteiger partial charge in [-0.1, -0.05) is 86.8 Å². The number of amides is 1. The van der Waals surface area contributed by atoms with E-state index in [4.69, 9.17) is 0 Å². The first-order chi connectivity index (χ1) is 16.5. The molecule has 0 saturated carbocycles. The number of aryl methyl sites for hydroxylation is 1. The number of rotatable bonds is 12. The molecule has 0 radical (unpaired) electrons. The van der Waals surface area contributed by atoms with Crippen LogP contribution in [0.2, 0.25) is 0 Å². The Morgan fingerprint density at radius 2 is 1.47 bits per heavy atom. The van der Waals surface area contributed by atoms with Gasteiger partial charge in [0.1, 0.15) is 5.76 Å². The minimum Gasteiger partial charge on any atom is -0.507 e. The van der Waals surface area contributed by atoms with Crippen LogP contribution in [0.3, 0.4) is 0 Å². The lowest BCUT2D eigenvalue weighted by Crippen LogP contribution is -2.34. The largest absolute Gasteiger partial charge is 0.507 e. The number of aliphatic hydroxyl groups excluding tert-OH is 1. The van der Waals surface area contributed by atoms with E-state index >= 15 is 0 Å². The summed E-state index contributed by atoms with van der Waals surface area (Å²) in [7, 11) is 0. The lowest BCUT2D eigenvalue weighted by atomic mass is 9.94. The van der Waals surface area contributed by atoms with Crippen LogP contribution in [-0.4, -0.2) is 52.8 Å². The van der Waals surface area contributed by atoms with Gasteiger partial charge in [0, 0.05) is 12.1 Å². The molecule has 1 atom stereocenters. The predicted molar refractivity (Wildman–Crippen MR) is 138 cm³/mol. The lowest BCUT2D eigenvalue weighted by molar-refractivity contribution is -0.140. The maximum atomic E-state index is 13.1. The smallest absolute Gasteiger partial charge is 0.295 e. The van der Waals surface area contributed by atoms with E-state index in [0.29, 0.717) is 12.1 Å². The molecule has 3 rings (SSSR count). The Hall–Kier alpha value is -2.92. The summed E-state index contributed by atoms with van der Waals surface area (Å²) in [5.41, 5.74) is 2.67. The number of nitrogens with zero attached hydrogens (tertiary/aromatic N) is 2. The SMILES string of the molecule is CCCCN(CCCC)CCCN1C(=O)C(=O)C(=C(O)c2ccccc2)[C@H]1c1ccc(C)cc1. The topological polar surface area (TPSA) is 60.9 Å². The van der Waals surface area contributed by atoms with Gasteiger partial charge in [0.05, 0.1) is 11.6 Å². The summed E-state index contributed by atoms with van der Waals surface area (Å²) >= 11 is 0. The van der Waals surface area contributed by atoms with Gasteiger partial charge in [0.2, 0.25) is 0 Å². The molecule has 0 unspecified atom stereocenters. The molecular weight excluding hydrogens is 424 g/mol. The Balaban J connectivity index is 1.88. The standard InChI is InChI=1S/C29H38N2O3/c1-4-6-18-30(19-7-5-2)20-11-21-31-26(23-16-14-22(3)15-17-23)25(28(33)29(31)34)27(32)24-12-9-8-10-13-24/h8-10,12-17,26,32H,4-7,11,18-21H2,1-3H3/t26-/m1/s1. The molecule has 1 saturated heterocycles. The molecule has 5 heteroatoms. The van der Waals surface area contributed by atoms with Crippen molar-refractivity contribution < 1.29 is 14.7 Å². The number of benzene rings is 2. The number of ketones is 1. The predicted octanol–water partition coefficient (Wildman–Crippen LogP) is 5.71. The van der Waals surface area contributed by atoms with E-state index in [2.05, 4.69) is 18.7 Å². The normalized spacial score (nSPS) is 17.6. The van der Waals surface area contributed by atoms with Gasteiger partial charge >= 0.3 is 0 Å². The molecule has 0 aliphatic carbocycles. The first kappa shape index (κ1) is 25.7. The fourth-order valence-electron chi connectivity index (χ4n) is 4.52. The summed E-state index contributed by atoms with van der Waals surface area (Å²) in [5.74, 6) is -1.25. The van der Waals surface area contributed by atoms with Crippen LogP contribution < -0.4 is 0 Å². The van der Waals surface area contributed by atoms with E-state index < -0.39 is 17.7 Å². The highest BCUT2D eigenvalue weighted by molar-refractivity contribution is 6.46. The highest BCUT2D eigenvalue weighted by Gasteiger charge is 2.45. The third kappa shape index (κ3) is 6.15. The number of unbranched alkanes of at least 4 members (excludes halogenated alkanes) is 2. The summed E-state index contributed by atoms with van der Waals surface area (Å²) in [4.78, 5) is 30.4. The first-order valence-corrected chi connectivity index (χ1v) is 12.6. The molecule has 34 heavy (non-hydrogen) atoms. The minimum absolute atomic E-state index is 0.112. The van der Waals surface area contributed by atoms with Gasteiger partial charge in [0.25, 0.3) is 11.7 Å². The molecule has 1 aliphatic rings. The fourth-order valence-corrected chi connectivity index (χ4v) is 4.52. The van der Waals surface area contributed by atoms with Gasteiger partial charge in [-0.05, 0) is 51.4 Å². The highest BCUT2D eigenvalue weighted by Crippen LogP contribution is 2.39. The van der Waals surface area contributed by atoms with Gasteiger partial charge in [0.15, 0.2) is 0 Å².